The second-order valence-corrected chi connectivity index (χ2v) is 9.19. The predicted molar refractivity (Wildman–Crippen MR) is 109 cm³/mol. The van der Waals surface area contributed by atoms with E-state index in [9.17, 15) is 5.11 Å². The molecule has 7 nitrogen and oxygen atoms in total. The summed E-state index contributed by atoms with van der Waals surface area (Å²) in [5.74, 6) is 3.52. The minimum Gasteiger partial charge on any atom is -0.493 e. The molecule has 1 aliphatic carbocycles. The first-order valence-electron chi connectivity index (χ1n) is 10.9. The van der Waals surface area contributed by atoms with Crippen molar-refractivity contribution < 1.29 is 19.3 Å². The maximum atomic E-state index is 10.9. The highest BCUT2D eigenvalue weighted by Crippen LogP contribution is 2.43. The third-order valence-corrected chi connectivity index (χ3v) is 7.32. The number of hydrogen-bond acceptors (Lipinski definition) is 7. The molecule has 0 bridgehead atoms. The zero-order chi connectivity index (χ0) is 20.0. The fourth-order valence-corrected chi connectivity index (χ4v) is 5.71. The minimum absolute atomic E-state index is 0.190. The molecule has 1 aromatic rings. The van der Waals surface area contributed by atoms with Gasteiger partial charge in [-0.15, -0.1) is 0 Å². The number of hydrogen-bond donors (Lipinski definition) is 1. The lowest BCUT2D eigenvalue weighted by Gasteiger charge is -2.44. The number of rotatable bonds is 4. The molecular formula is C22H33N3O4. The Morgan fingerprint density at radius 1 is 1.07 bits per heavy atom. The number of aliphatic hydroxyl groups is 1. The van der Waals surface area contributed by atoms with Gasteiger partial charge in [-0.1, -0.05) is 0 Å². The number of aliphatic hydroxyl groups excluding tert-OH is 1. The molecular weight excluding hydrogens is 370 g/mol. The first-order chi connectivity index (χ1) is 14.1. The van der Waals surface area contributed by atoms with Gasteiger partial charge in [0.1, 0.15) is 0 Å². The third kappa shape index (κ3) is 3.81. The summed E-state index contributed by atoms with van der Waals surface area (Å²) in [6.07, 6.45) is 1.87. The topological polar surface area (TPSA) is 57.6 Å². The summed E-state index contributed by atoms with van der Waals surface area (Å²) in [5.41, 5.74) is 1.20. The van der Waals surface area contributed by atoms with Gasteiger partial charge >= 0.3 is 0 Å². The Labute approximate surface area is 173 Å². The maximum Gasteiger partial charge on any atom is 0.231 e. The molecule has 1 saturated carbocycles. The highest BCUT2D eigenvalue weighted by atomic mass is 16.7. The Bertz CT molecular complexity index is 737. The standard InChI is InChI=1S/C22H33N3O4/c1-23-3-5-25(6-4-23)18-9-16-12-24(13-17(16)10-19(18)26)11-15-7-20(27-2)22-21(8-15)28-14-29-22/h7-8,16-19,26H,3-6,9-14H2,1-2H3/t16-,17+,18-,19-/m1/s1. The quantitative estimate of drug-likeness (QED) is 0.812. The number of piperazine rings is 1. The third-order valence-electron chi connectivity index (χ3n) is 7.32. The first-order valence-corrected chi connectivity index (χ1v) is 10.9. The molecule has 3 fully saturated rings. The van der Waals surface area contributed by atoms with Crippen LogP contribution in [0.25, 0.3) is 0 Å². The fraction of sp³-hybridized carbons (Fsp3) is 0.727. The summed E-state index contributed by atoms with van der Waals surface area (Å²) >= 11 is 0. The molecule has 0 amide bonds. The van der Waals surface area contributed by atoms with Crippen LogP contribution < -0.4 is 14.2 Å². The number of fused-ring (bicyclic) bond motifs is 2. The van der Waals surface area contributed by atoms with Crippen LogP contribution in [0, 0.1) is 11.8 Å². The summed E-state index contributed by atoms with van der Waals surface area (Å²) < 4.78 is 16.6. The van der Waals surface area contributed by atoms with Crippen LogP contribution >= 0.6 is 0 Å². The molecule has 7 heteroatoms. The molecule has 0 unspecified atom stereocenters. The number of benzene rings is 1. The molecule has 4 atom stereocenters. The molecule has 1 aromatic carbocycles. The lowest BCUT2D eigenvalue weighted by Crippen LogP contribution is -2.55. The maximum absolute atomic E-state index is 10.9. The van der Waals surface area contributed by atoms with Crippen molar-refractivity contribution in [3.05, 3.63) is 17.7 Å². The molecule has 0 radical (unpaired) electrons. The Morgan fingerprint density at radius 2 is 1.83 bits per heavy atom. The van der Waals surface area contributed by atoms with Crippen molar-refractivity contribution in [1.82, 2.24) is 14.7 Å². The highest BCUT2D eigenvalue weighted by Gasteiger charge is 2.43. The molecule has 0 spiro atoms. The predicted octanol–water partition coefficient (Wildman–Crippen LogP) is 1.24. The summed E-state index contributed by atoms with van der Waals surface area (Å²) in [6, 6.07) is 4.47. The van der Waals surface area contributed by atoms with Gasteiger partial charge in [-0.3, -0.25) is 9.80 Å². The van der Waals surface area contributed by atoms with Crippen LogP contribution in [-0.4, -0.2) is 92.2 Å². The van der Waals surface area contributed by atoms with E-state index in [4.69, 9.17) is 14.2 Å². The number of likely N-dealkylation sites (tertiary alicyclic amines) is 1. The van der Waals surface area contributed by atoms with Gasteiger partial charge in [-0.25, -0.2) is 0 Å². The smallest absolute Gasteiger partial charge is 0.231 e. The largest absolute Gasteiger partial charge is 0.493 e. The van der Waals surface area contributed by atoms with Crippen LogP contribution in [0.2, 0.25) is 0 Å². The van der Waals surface area contributed by atoms with Gasteiger partial charge in [-0.05, 0) is 49.4 Å². The molecule has 3 aliphatic heterocycles. The van der Waals surface area contributed by atoms with Crippen molar-refractivity contribution >= 4 is 0 Å². The molecule has 4 aliphatic rings. The van der Waals surface area contributed by atoms with E-state index in [1.165, 1.54) is 5.56 Å². The molecule has 0 aromatic heterocycles. The number of methoxy groups -OCH3 is 1. The van der Waals surface area contributed by atoms with Crippen LogP contribution in [0.1, 0.15) is 18.4 Å². The number of nitrogens with zero attached hydrogens (tertiary/aromatic N) is 3. The summed E-state index contributed by atoms with van der Waals surface area (Å²) in [4.78, 5) is 7.45. The van der Waals surface area contributed by atoms with Gasteiger partial charge in [0, 0.05) is 51.9 Å². The Balaban J connectivity index is 1.23. The summed E-state index contributed by atoms with van der Waals surface area (Å²) in [7, 11) is 3.86. The number of ether oxygens (including phenoxy) is 3. The fourth-order valence-electron chi connectivity index (χ4n) is 5.71. The van der Waals surface area contributed by atoms with E-state index in [1.54, 1.807) is 7.11 Å². The molecule has 1 N–H and O–H groups in total. The van der Waals surface area contributed by atoms with Gasteiger partial charge in [-0.2, -0.15) is 0 Å². The zero-order valence-electron chi connectivity index (χ0n) is 17.5. The summed E-state index contributed by atoms with van der Waals surface area (Å²) in [6.45, 7) is 7.69. The average Bonchev–Trinajstić information content (AvgIpc) is 3.33. The Morgan fingerprint density at radius 3 is 2.59 bits per heavy atom. The van der Waals surface area contributed by atoms with Gasteiger partial charge < -0.3 is 24.2 Å². The van der Waals surface area contributed by atoms with E-state index in [0.717, 1.165) is 70.2 Å². The van der Waals surface area contributed by atoms with E-state index in [1.807, 2.05) is 0 Å². The van der Waals surface area contributed by atoms with Crippen LogP contribution in [0.15, 0.2) is 12.1 Å². The molecule has 2 saturated heterocycles. The lowest BCUT2D eigenvalue weighted by atomic mass is 9.77. The van der Waals surface area contributed by atoms with E-state index in [2.05, 4.69) is 33.9 Å². The number of likely N-dealkylation sites (N-methyl/N-ethyl adjacent to an activating group) is 1. The Kier molecular flexibility index (Phi) is 5.32. The highest BCUT2D eigenvalue weighted by molar-refractivity contribution is 5.55. The van der Waals surface area contributed by atoms with E-state index >= 15 is 0 Å². The van der Waals surface area contributed by atoms with E-state index < -0.39 is 0 Å². The van der Waals surface area contributed by atoms with Crippen LogP contribution in [0.4, 0.5) is 0 Å². The van der Waals surface area contributed by atoms with Crippen molar-refractivity contribution in [1.29, 1.82) is 0 Å². The summed E-state index contributed by atoms with van der Waals surface area (Å²) in [5, 5.41) is 10.9. The van der Waals surface area contributed by atoms with Crippen molar-refractivity contribution in [2.75, 3.05) is 60.2 Å². The van der Waals surface area contributed by atoms with Crippen LogP contribution in [-0.2, 0) is 6.54 Å². The Hall–Kier alpha value is -1.54. The van der Waals surface area contributed by atoms with Gasteiger partial charge in [0.2, 0.25) is 12.5 Å². The van der Waals surface area contributed by atoms with Crippen molar-refractivity contribution in [3.8, 4) is 17.2 Å². The zero-order valence-corrected chi connectivity index (χ0v) is 17.5. The average molecular weight is 404 g/mol. The SMILES string of the molecule is COc1cc(CN2C[C@H]3C[C@@H](N4CCN(C)CC4)[C@H](O)C[C@H]3C2)cc2c1OCO2. The lowest BCUT2D eigenvalue weighted by molar-refractivity contribution is -0.0249. The van der Waals surface area contributed by atoms with Gasteiger partial charge in [0.25, 0.3) is 0 Å². The van der Waals surface area contributed by atoms with Crippen LogP contribution in [0.3, 0.4) is 0 Å². The van der Waals surface area contributed by atoms with Crippen molar-refractivity contribution in [3.63, 3.8) is 0 Å². The normalized spacial score (nSPS) is 33.1. The van der Waals surface area contributed by atoms with Crippen LogP contribution in [0.5, 0.6) is 17.2 Å². The second-order valence-electron chi connectivity index (χ2n) is 9.19. The van der Waals surface area contributed by atoms with Gasteiger partial charge in [0.15, 0.2) is 11.5 Å². The minimum atomic E-state index is -0.190. The van der Waals surface area contributed by atoms with Crippen molar-refractivity contribution in [2.24, 2.45) is 11.8 Å². The molecule has 5 rings (SSSR count). The molecule has 29 heavy (non-hydrogen) atoms. The van der Waals surface area contributed by atoms with E-state index in [0.29, 0.717) is 23.6 Å². The van der Waals surface area contributed by atoms with Gasteiger partial charge in [0.05, 0.1) is 13.2 Å². The van der Waals surface area contributed by atoms with E-state index in [-0.39, 0.29) is 12.9 Å². The first kappa shape index (κ1) is 19.4. The second kappa shape index (κ2) is 7.95. The monoisotopic (exact) mass is 403 g/mol. The van der Waals surface area contributed by atoms with Crippen molar-refractivity contribution in [2.45, 2.75) is 31.5 Å². The molecule has 160 valence electrons. The molecule has 3 heterocycles.